The Kier molecular flexibility index (Phi) is 3.70. The topological polar surface area (TPSA) is 34.1 Å². The molecule has 1 rings (SSSR count). The van der Waals surface area contributed by atoms with Gasteiger partial charge in [0.15, 0.2) is 0 Å². The molecule has 1 aromatic rings. The van der Waals surface area contributed by atoms with E-state index < -0.39 is 14.5 Å². The van der Waals surface area contributed by atoms with Crippen LogP contribution in [0.25, 0.3) is 0 Å². The number of rotatable bonds is 3. The van der Waals surface area contributed by atoms with Crippen LogP contribution in [0, 0.1) is 13.8 Å². The van der Waals surface area contributed by atoms with Gasteiger partial charge in [-0.25, -0.2) is 8.42 Å². The lowest BCUT2D eigenvalue weighted by Crippen LogP contribution is -2.26. The van der Waals surface area contributed by atoms with Gasteiger partial charge in [-0.1, -0.05) is 32.0 Å². The summed E-state index contributed by atoms with van der Waals surface area (Å²) >= 11 is 0. The highest BCUT2D eigenvalue weighted by atomic mass is 35.7. The normalized spacial score (nSPS) is 12.8. The Morgan fingerprint density at radius 1 is 1.19 bits per heavy atom. The Bertz CT molecular complexity index is 490. The molecular formula is C12H17ClO2S. The average Bonchev–Trinajstić information content (AvgIpc) is 2.05. The van der Waals surface area contributed by atoms with Crippen LogP contribution in [0.15, 0.2) is 18.2 Å². The van der Waals surface area contributed by atoms with E-state index in [0.717, 1.165) is 11.1 Å². The summed E-state index contributed by atoms with van der Waals surface area (Å²) in [5.74, 6) is -0.0515. The summed E-state index contributed by atoms with van der Waals surface area (Å²) in [6.45, 7) is 7.82. The second kappa shape index (κ2) is 4.38. The first-order chi connectivity index (χ1) is 7.12. The second-order valence-corrected chi connectivity index (χ2v) is 7.64. The van der Waals surface area contributed by atoms with Gasteiger partial charge in [-0.05, 0) is 30.5 Å². The van der Waals surface area contributed by atoms with E-state index in [4.69, 9.17) is 10.7 Å². The van der Waals surface area contributed by atoms with Crippen LogP contribution in [0.3, 0.4) is 0 Å². The van der Waals surface area contributed by atoms with Gasteiger partial charge in [-0.3, -0.25) is 0 Å². The molecule has 0 aliphatic rings. The lowest BCUT2D eigenvalue weighted by molar-refractivity contribution is 0.557. The summed E-state index contributed by atoms with van der Waals surface area (Å²) in [7, 11) is 1.83. The van der Waals surface area contributed by atoms with Gasteiger partial charge in [-0.15, -0.1) is 0 Å². The van der Waals surface area contributed by atoms with Crippen LogP contribution in [-0.2, 0) is 14.5 Å². The molecule has 4 heteroatoms. The van der Waals surface area contributed by atoms with Gasteiger partial charge in [0.2, 0.25) is 9.05 Å². The van der Waals surface area contributed by atoms with Gasteiger partial charge in [0, 0.05) is 16.1 Å². The van der Waals surface area contributed by atoms with Crippen molar-refractivity contribution in [2.45, 2.75) is 33.1 Å². The first kappa shape index (κ1) is 13.5. The van der Waals surface area contributed by atoms with Gasteiger partial charge in [0.1, 0.15) is 0 Å². The van der Waals surface area contributed by atoms with Crippen molar-refractivity contribution < 1.29 is 8.42 Å². The summed E-state index contributed by atoms with van der Waals surface area (Å²) in [6, 6.07) is 6.00. The zero-order valence-corrected chi connectivity index (χ0v) is 11.6. The quantitative estimate of drug-likeness (QED) is 0.783. The Morgan fingerprint density at radius 3 is 2.19 bits per heavy atom. The number of hydrogen-bond acceptors (Lipinski definition) is 2. The zero-order chi connectivity index (χ0) is 12.6. The summed E-state index contributed by atoms with van der Waals surface area (Å²) < 4.78 is 22.3. The fraction of sp³-hybridized carbons (Fsp3) is 0.500. The van der Waals surface area contributed by atoms with E-state index in [9.17, 15) is 8.42 Å². The Balaban J connectivity index is 3.12. The molecule has 90 valence electrons. The van der Waals surface area contributed by atoms with E-state index in [2.05, 4.69) is 0 Å². The Labute approximate surface area is 102 Å². The fourth-order valence-corrected chi connectivity index (χ4v) is 3.52. The molecule has 0 N–H and O–H groups in total. The summed E-state index contributed by atoms with van der Waals surface area (Å²) in [6.07, 6.45) is 0. The van der Waals surface area contributed by atoms with Crippen LogP contribution in [-0.4, -0.2) is 14.2 Å². The average molecular weight is 261 g/mol. The Hall–Kier alpha value is -0.540. The fourth-order valence-electron chi connectivity index (χ4n) is 1.68. The molecule has 0 amide bonds. The van der Waals surface area contributed by atoms with E-state index >= 15 is 0 Å². The number of halogens is 1. The van der Waals surface area contributed by atoms with E-state index in [-0.39, 0.29) is 5.75 Å². The van der Waals surface area contributed by atoms with Crippen LogP contribution in [0.5, 0.6) is 0 Å². The van der Waals surface area contributed by atoms with Crippen LogP contribution >= 0.6 is 10.7 Å². The lowest BCUT2D eigenvalue weighted by atomic mass is 9.85. The minimum Gasteiger partial charge on any atom is -0.212 e. The van der Waals surface area contributed by atoms with Crippen LogP contribution in [0.4, 0.5) is 0 Å². The minimum atomic E-state index is -3.48. The largest absolute Gasteiger partial charge is 0.233 e. The first-order valence-electron chi connectivity index (χ1n) is 5.12. The van der Waals surface area contributed by atoms with Crippen molar-refractivity contribution >= 4 is 19.7 Å². The standard InChI is InChI=1S/C12H17ClO2S/c1-9-5-6-11(7-10(9)2)12(3,4)8-16(13,14)15/h5-7H,8H2,1-4H3. The molecule has 1 aromatic carbocycles. The number of hydrogen-bond donors (Lipinski definition) is 0. The summed E-state index contributed by atoms with van der Waals surface area (Å²) in [4.78, 5) is 0. The molecule has 0 unspecified atom stereocenters. The maximum atomic E-state index is 11.1. The SMILES string of the molecule is Cc1ccc(C(C)(C)CS(=O)(=O)Cl)cc1C. The number of aryl methyl sites for hydroxylation is 2. The van der Waals surface area contributed by atoms with Gasteiger partial charge >= 0.3 is 0 Å². The van der Waals surface area contributed by atoms with E-state index in [1.807, 2.05) is 45.9 Å². The molecule has 0 fully saturated rings. The molecule has 2 nitrogen and oxygen atoms in total. The van der Waals surface area contributed by atoms with E-state index in [1.54, 1.807) is 0 Å². The lowest BCUT2D eigenvalue weighted by Gasteiger charge is -2.24. The molecule has 0 aromatic heterocycles. The maximum Gasteiger partial charge on any atom is 0.233 e. The van der Waals surface area contributed by atoms with Crippen molar-refractivity contribution in [2.24, 2.45) is 0 Å². The van der Waals surface area contributed by atoms with Crippen molar-refractivity contribution in [3.63, 3.8) is 0 Å². The third-order valence-corrected chi connectivity index (χ3v) is 4.22. The first-order valence-corrected chi connectivity index (χ1v) is 7.60. The van der Waals surface area contributed by atoms with E-state index in [0.29, 0.717) is 0 Å². The maximum absolute atomic E-state index is 11.1. The van der Waals surface area contributed by atoms with Crippen molar-refractivity contribution in [1.29, 1.82) is 0 Å². The Morgan fingerprint density at radius 2 is 1.75 bits per heavy atom. The predicted molar refractivity (Wildman–Crippen MR) is 68.6 cm³/mol. The highest BCUT2D eigenvalue weighted by Crippen LogP contribution is 2.27. The second-order valence-electron chi connectivity index (χ2n) is 4.87. The molecule has 0 atom stereocenters. The molecule has 0 bridgehead atoms. The molecule has 16 heavy (non-hydrogen) atoms. The smallest absolute Gasteiger partial charge is 0.212 e. The van der Waals surface area contributed by atoms with Gasteiger partial charge in [0.25, 0.3) is 0 Å². The highest BCUT2D eigenvalue weighted by Gasteiger charge is 2.27. The summed E-state index contributed by atoms with van der Waals surface area (Å²) in [5, 5.41) is 0. The van der Waals surface area contributed by atoms with E-state index in [1.165, 1.54) is 5.56 Å². The third kappa shape index (κ3) is 3.49. The molecule has 0 aliphatic heterocycles. The van der Waals surface area contributed by atoms with Gasteiger partial charge in [0.05, 0.1) is 5.75 Å². The van der Waals surface area contributed by atoms with Crippen molar-refractivity contribution in [3.05, 3.63) is 34.9 Å². The number of benzene rings is 1. The molecule has 0 saturated heterocycles. The molecule has 0 aliphatic carbocycles. The van der Waals surface area contributed by atoms with Crippen molar-refractivity contribution in [3.8, 4) is 0 Å². The molecule has 0 radical (unpaired) electrons. The molecule has 0 heterocycles. The molecule has 0 saturated carbocycles. The van der Waals surface area contributed by atoms with Gasteiger partial charge < -0.3 is 0 Å². The third-order valence-electron chi connectivity index (χ3n) is 2.82. The monoisotopic (exact) mass is 260 g/mol. The molecular weight excluding hydrogens is 244 g/mol. The van der Waals surface area contributed by atoms with Crippen LogP contribution in [0.1, 0.15) is 30.5 Å². The zero-order valence-electron chi connectivity index (χ0n) is 10.0. The predicted octanol–water partition coefficient (Wildman–Crippen LogP) is 3.15. The minimum absolute atomic E-state index is 0.0515. The van der Waals surface area contributed by atoms with Crippen molar-refractivity contribution in [1.82, 2.24) is 0 Å². The highest BCUT2D eigenvalue weighted by molar-refractivity contribution is 8.13. The van der Waals surface area contributed by atoms with Gasteiger partial charge in [-0.2, -0.15) is 0 Å². The molecule has 0 spiro atoms. The van der Waals surface area contributed by atoms with Crippen LogP contribution in [0.2, 0.25) is 0 Å². The van der Waals surface area contributed by atoms with Crippen molar-refractivity contribution in [2.75, 3.05) is 5.75 Å². The summed E-state index contributed by atoms with van der Waals surface area (Å²) in [5.41, 5.74) is 2.91. The van der Waals surface area contributed by atoms with Crippen LogP contribution < -0.4 is 0 Å².